The largest absolute Gasteiger partial charge is 0.298 e. The normalized spacial score (nSPS) is 25.8. The summed E-state index contributed by atoms with van der Waals surface area (Å²) in [5.74, 6) is 0. The predicted octanol–water partition coefficient (Wildman–Crippen LogP) is 3.23. The minimum absolute atomic E-state index is 0.0207. The molecule has 4 aliphatic rings. The number of fused-ring (bicyclic) bond motifs is 10. The molecule has 6 nitrogen and oxygen atoms in total. The van der Waals surface area contributed by atoms with Gasteiger partial charge in [-0.15, -0.1) is 33.6 Å². The molecule has 0 radical (unpaired) electrons. The number of hydrogen-bond acceptors (Lipinski definition) is 8. The molecule has 6 rings (SSSR count). The minimum Gasteiger partial charge on any atom is -0.298 e. The van der Waals surface area contributed by atoms with Gasteiger partial charge in [-0.3, -0.25) is 9.88 Å². The van der Waals surface area contributed by atoms with E-state index in [1.54, 1.807) is 22.7 Å². The molecular formula is C16H12N4O2S2. The fraction of sp³-hybridized carbons (Fsp3) is 0.250. The zero-order chi connectivity index (χ0) is 16.0. The summed E-state index contributed by atoms with van der Waals surface area (Å²) in [5.41, 5.74) is 15.2. The zero-order valence-corrected chi connectivity index (χ0v) is 14.5. The summed E-state index contributed by atoms with van der Waals surface area (Å²) in [6.45, 7) is 4.26. The molecule has 0 spiro atoms. The molecule has 2 atom stereocenters. The second kappa shape index (κ2) is 4.34. The first-order valence-corrected chi connectivity index (χ1v) is 9.42. The van der Waals surface area contributed by atoms with Crippen LogP contribution < -0.4 is 11.0 Å². The second-order valence-electron chi connectivity index (χ2n) is 6.31. The first kappa shape index (κ1) is 13.3. The van der Waals surface area contributed by atoms with E-state index in [0.29, 0.717) is 0 Å². The lowest BCUT2D eigenvalue weighted by molar-refractivity contribution is 0.0598. The number of nitrogens with zero attached hydrogens (tertiary/aromatic N) is 2. The molecule has 0 amide bonds. The first-order valence-electron chi connectivity index (χ1n) is 7.66. The predicted molar refractivity (Wildman–Crippen MR) is 93.7 cm³/mol. The molecule has 8 heteroatoms. The van der Waals surface area contributed by atoms with Gasteiger partial charge in [0.05, 0.1) is 0 Å². The van der Waals surface area contributed by atoms with Crippen molar-refractivity contribution in [1.29, 1.82) is 0 Å². The summed E-state index contributed by atoms with van der Waals surface area (Å²) < 4.78 is 0. The maximum Gasteiger partial charge on any atom is 0.118 e. The molecule has 2 aromatic heterocycles. The van der Waals surface area contributed by atoms with Crippen molar-refractivity contribution in [3.8, 4) is 0 Å². The van der Waals surface area contributed by atoms with E-state index in [1.807, 2.05) is 0 Å². The molecule has 2 aromatic rings. The van der Waals surface area contributed by atoms with Gasteiger partial charge in [0.15, 0.2) is 0 Å². The lowest BCUT2D eigenvalue weighted by atomic mass is 9.75. The molecule has 0 saturated carbocycles. The Balaban J connectivity index is 1.77. The van der Waals surface area contributed by atoms with Gasteiger partial charge >= 0.3 is 0 Å². The van der Waals surface area contributed by atoms with Crippen LogP contribution in [0.2, 0.25) is 0 Å². The second-order valence-corrected chi connectivity index (χ2v) is 8.07. The van der Waals surface area contributed by atoms with E-state index in [4.69, 9.17) is 9.88 Å². The van der Waals surface area contributed by atoms with Crippen LogP contribution >= 0.6 is 22.7 Å². The molecule has 0 saturated heterocycles. The monoisotopic (exact) mass is 356 g/mol. The van der Waals surface area contributed by atoms with Crippen LogP contribution in [-0.2, 0) is 9.88 Å². The Morgan fingerprint density at radius 3 is 1.75 bits per heavy atom. The summed E-state index contributed by atoms with van der Waals surface area (Å²) in [4.78, 5) is 13.0. The Morgan fingerprint density at radius 1 is 0.833 bits per heavy atom. The summed E-state index contributed by atoms with van der Waals surface area (Å²) in [5, 5.41) is 13.0. The number of nitrogens with one attached hydrogen (secondary N) is 2. The molecule has 2 aliphatic heterocycles. The molecule has 0 bridgehead atoms. The Hall–Kier alpha value is -2.00. The van der Waals surface area contributed by atoms with E-state index in [0.717, 1.165) is 22.6 Å². The number of hydroxylamine groups is 2. The molecule has 2 unspecified atom stereocenters. The van der Waals surface area contributed by atoms with Crippen molar-refractivity contribution in [1.82, 2.24) is 11.0 Å². The number of aryl methyl sites for hydroxylation is 2. The molecule has 2 N–H and O–H groups in total. The maximum absolute atomic E-state index is 5.28. The van der Waals surface area contributed by atoms with Crippen molar-refractivity contribution in [2.45, 2.75) is 25.9 Å². The van der Waals surface area contributed by atoms with Gasteiger partial charge in [-0.05, 0) is 35.7 Å². The number of oxime groups is 2. The molecule has 120 valence electrons. The summed E-state index contributed by atoms with van der Waals surface area (Å²) in [6, 6.07) is -0.0413. The molecule has 0 aromatic carbocycles. The van der Waals surface area contributed by atoms with Crippen molar-refractivity contribution in [3.05, 3.63) is 42.8 Å². The highest BCUT2D eigenvalue weighted by Crippen LogP contribution is 2.53. The summed E-state index contributed by atoms with van der Waals surface area (Å²) >= 11 is 3.50. The lowest BCUT2D eigenvalue weighted by Gasteiger charge is -2.30. The Kier molecular flexibility index (Phi) is 2.41. The van der Waals surface area contributed by atoms with Gasteiger partial charge in [0.2, 0.25) is 0 Å². The van der Waals surface area contributed by atoms with E-state index in [-0.39, 0.29) is 12.1 Å². The third-order valence-corrected chi connectivity index (χ3v) is 7.28. The van der Waals surface area contributed by atoms with Crippen molar-refractivity contribution >= 4 is 45.2 Å². The van der Waals surface area contributed by atoms with E-state index in [2.05, 4.69) is 45.9 Å². The van der Waals surface area contributed by atoms with Crippen LogP contribution in [0, 0.1) is 13.8 Å². The highest BCUT2D eigenvalue weighted by atomic mass is 32.1. The average molecular weight is 356 g/mol. The Morgan fingerprint density at radius 2 is 1.29 bits per heavy atom. The van der Waals surface area contributed by atoms with Gasteiger partial charge in [0.1, 0.15) is 23.5 Å². The SMILES string of the molecule is Cc1csc2c1C1NON=C1C1=C2C2=NONC2c2c(C)csc21. The number of hydrogen-bond donors (Lipinski definition) is 2. The van der Waals surface area contributed by atoms with Crippen molar-refractivity contribution in [2.24, 2.45) is 10.3 Å². The van der Waals surface area contributed by atoms with Crippen molar-refractivity contribution in [3.63, 3.8) is 0 Å². The standard InChI is InChI=1S/C16H12N4O2S2/c1-5-3-23-15-7(5)11-13(19-21-17-11)10-9(15)14-12(18-22-20-14)8-6(2)4-24-16(8)10/h3-4,11-12,17-18H,1-2H3. The smallest absolute Gasteiger partial charge is 0.118 e. The molecule has 0 fully saturated rings. The van der Waals surface area contributed by atoms with Crippen molar-refractivity contribution < 1.29 is 9.88 Å². The van der Waals surface area contributed by atoms with Crippen LogP contribution in [0.25, 0.3) is 11.1 Å². The van der Waals surface area contributed by atoms with Gasteiger partial charge in [0.25, 0.3) is 0 Å². The molecule has 2 aliphatic carbocycles. The first-order chi connectivity index (χ1) is 11.8. The maximum atomic E-state index is 5.28. The fourth-order valence-corrected chi connectivity index (χ4v) is 6.28. The fourth-order valence-electron chi connectivity index (χ4n) is 3.97. The van der Waals surface area contributed by atoms with Crippen LogP contribution in [0.1, 0.15) is 44.1 Å². The van der Waals surface area contributed by atoms with Gasteiger partial charge in [0, 0.05) is 32.0 Å². The summed E-state index contributed by atoms with van der Waals surface area (Å²) in [6.07, 6.45) is 0. The minimum atomic E-state index is -0.0207. The Bertz CT molecular complexity index is 933. The lowest BCUT2D eigenvalue weighted by Crippen LogP contribution is -2.33. The van der Waals surface area contributed by atoms with E-state index in [1.165, 1.54) is 32.0 Å². The highest BCUT2D eigenvalue weighted by molar-refractivity contribution is 7.14. The van der Waals surface area contributed by atoms with Gasteiger partial charge in [-0.2, -0.15) is 0 Å². The van der Waals surface area contributed by atoms with Crippen LogP contribution in [0.15, 0.2) is 21.1 Å². The van der Waals surface area contributed by atoms with Gasteiger partial charge in [-0.1, -0.05) is 10.3 Å². The molecule has 24 heavy (non-hydrogen) atoms. The molecular weight excluding hydrogens is 344 g/mol. The quantitative estimate of drug-likeness (QED) is 0.761. The van der Waals surface area contributed by atoms with E-state index in [9.17, 15) is 0 Å². The number of thiophene rings is 2. The van der Waals surface area contributed by atoms with Crippen LogP contribution in [0.4, 0.5) is 0 Å². The van der Waals surface area contributed by atoms with Crippen LogP contribution in [-0.4, -0.2) is 11.4 Å². The van der Waals surface area contributed by atoms with Gasteiger partial charge < -0.3 is 0 Å². The van der Waals surface area contributed by atoms with E-state index < -0.39 is 0 Å². The average Bonchev–Trinajstić information content (AvgIpc) is 3.31. The third kappa shape index (κ3) is 1.39. The third-order valence-electron chi connectivity index (χ3n) is 5.02. The topological polar surface area (TPSA) is 67.2 Å². The Labute approximate surface area is 145 Å². The molecule has 4 heterocycles. The number of rotatable bonds is 0. The van der Waals surface area contributed by atoms with Gasteiger partial charge in [-0.25, -0.2) is 0 Å². The van der Waals surface area contributed by atoms with E-state index >= 15 is 0 Å². The van der Waals surface area contributed by atoms with Crippen LogP contribution in [0.5, 0.6) is 0 Å². The zero-order valence-electron chi connectivity index (χ0n) is 12.8. The highest BCUT2D eigenvalue weighted by Gasteiger charge is 2.48. The summed E-state index contributed by atoms with van der Waals surface area (Å²) in [7, 11) is 0. The van der Waals surface area contributed by atoms with Crippen LogP contribution in [0.3, 0.4) is 0 Å². The van der Waals surface area contributed by atoms with Crippen molar-refractivity contribution in [2.75, 3.05) is 0 Å².